The lowest BCUT2D eigenvalue weighted by atomic mass is 10.1. The van der Waals surface area contributed by atoms with Gasteiger partial charge in [0.1, 0.15) is 17.6 Å². The first kappa shape index (κ1) is 13.0. The zero-order chi connectivity index (χ0) is 14.7. The summed E-state index contributed by atoms with van der Waals surface area (Å²) in [4.78, 5) is 0. The highest BCUT2D eigenvalue weighted by Gasteiger charge is 2.14. The van der Waals surface area contributed by atoms with Gasteiger partial charge in [-0.2, -0.15) is 5.26 Å². The van der Waals surface area contributed by atoms with E-state index in [4.69, 9.17) is 0 Å². The minimum absolute atomic E-state index is 0.279. The summed E-state index contributed by atoms with van der Waals surface area (Å²) < 4.78 is 14.6. The zero-order valence-electron chi connectivity index (χ0n) is 11.1. The Balaban J connectivity index is 2.02. The molecule has 3 rings (SSSR count). The Morgan fingerprint density at radius 2 is 1.76 bits per heavy atom. The number of benzene rings is 2. The largest absolute Gasteiger partial charge is 0.239 e. The number of nitrogens with zero attached hydrogens (tertiary/aromatic N) is 4. The topological polar surface area (TPSA) is 54.5 Å². The molecule has 102 valence electrons. The molecule has 0 atom stereocenters. The van der Waals surface area contributed by atoms with E-state index in [0.29, 0.717) is 12.2 Å². The van der Waals surface area contributed by atoms with Crippen molar-refractivity contribution < 1.29 is 4.39 Å². The molecule has 0 fully saturated rings. The average molecular weight is 278 g/mol. The van der Waals surface area contributed by atoms with Crippen LogP contribution in [0.4, 0.5) is 4.39 Å². The van der Waals surface area contributed by atoms with Crippen LogP contribution in [-0.4, -0.2) is 15.0 Å². The number of aromatic nitrogens is 3. The van der Waals surface area contributed by atoms with E-state index in [2.05, 4.69) is 16.4 Å². The van der Waals surface area contributed by atoms with Crippen molar-refractivity contribution in [3.63, 3.8) is 0 Å². The van der Waals surface area contributed by atoms with Gasteiger partial charge in [0.15, 0.2) is 5.69 Å². The summed E-state index contributed by atoms with van der Waals surface area (Å²) in [6.45, 7) is 0.430. The normalized spacial score (nSPS) is 10.3. The van der Waals surface area contributed by atoms with Gasteiger partial charge in [-0.05, 0) is 17.7 Å². The predicted octanol–water partition coefficient (Wildman–Crippen LogP) is 3.00. The van der Waals surface area contributed by atoms with Crippen molar-refractivity contribution in [2.45, 2.75) is 6.54 Å². The van der Waals surface area contributed by atoms with Gasteiger partial charge in [-0.1, -0.05) is 47.7 Å². The van der Waals surface area contributed by atoms with Crippen LogP contribution in [-0.2, 0) is 6.54 Å². The van der Waals surface area contributed by atoms with Crippen molar-refractivity contribution in [1.29, 1.82) is 5.26 Å². The molecular formula is C16H11FN4. The molecule has 0 N–H and O–H groups in total. The van der Waals surface area contributed by atoms with Gasteiger partial charge in [-0.25, -0.2) is 9.07 Å². The van der Waals surface area contributed by atoms with Gasteiger partial charge < -0.3 is 0 Å². The maximum absolute atomic E-state index is 13.0. The SMILES string of the molecule is N#Cc1nnn(Cc2ccc(F)cc2)c1-c1ccccc1. The van der Waals surface area contributed by atoms with Crippen molar-refractivity contribution in [1.82, 2.24) is 15.0 Å². The summed E-state index contributed by atoms with van der Waals surface area (Å²) in [6.07, 6.45) is 0. The second-order valence-corrected chi connectivity index (χ2v) is 4.55. The smallest absolute Gasteiger partial charge is 0.190 e. The fourth-order valence-electron chi connectivity index (χ4n) is 2.14. The third kappa shape index (κ3) is 2.65. The van der Waals surface area contributed by atoms with Crippen molar-refractivity contribution in [2.75, 3.05) is 0 Å². The molecule has 0 aliphatic rings. The monoisotopic (exact) mass is 278 g/mol. The van der Waals surface area contributed by atoms with Crippen LogP contribution >= 0.6 is 0 Å². The fraction of sp³-hybridized carbons (Fsp3) is 0.0625. The molecule has 3 aromatic rings. The lowest BCUT2D eigenvalue weighted by Crippen LogP contribution is -2.04. The Morgan fingerprint density at radius 3 is 2.43 bits per heavy atom. The summed E-state index contributed by atoms with van der Waals surface area (Å²) in [5, 5.41) is 17.1. The van der Waals surface area contributed by atoms with Gasteiger partial charge in [-0.3, -0.25) is 0 Å². The van der Waals surface area contributed by atoms with Gasteiger partial charge in [0, 0.05) is 5.56 Å². The van der Waals surface area contributed by atoms with Crippen LogP contribution in [0.15, 0.2) is 54.6 Å². The summed E-state index contributed by atoms with van der Waals surface area (Å²) in [5.74, 6) is -0.279. The third-order valence-electron chi connectivity index (χ3n) is 3.13. The maximum atomic E-state index is 13.0. The van der Waals surface area contributed by atoms with Gasteiger partial charge >= 0.3 is 0 Å². The first-order valence-corrected chi connectivity index (χ1v) is 6.41. The van der Waals surface area contributed by atoms with Crippen LogP contribution in [0.25, 0.3) is 11.3 Å². The Hall–Kier alpha value is -3.00. The standard InChI is InChI=1S/C16H11FN4/c17-14-8-6-12(7-9-14)11-21-16(15(10-18)19-20-21)13-4-2-1-3-5-13/h1-9H,11H2. The number of rotatable bonds is 3. The molecule has 0 aliphatic heterocycles. The molecule has 0 saturated heterocycles. The van der Waals surface area contributed by atoms with Crippen LogP contribution < -0.4 is 0 Å². The van der Waals surface area contributed by atoms with Gasteiger partial charge in [0.2, 0.25) is 0 Å². The maximum Gasteiger partial charge on any atom is 0.190 e. The van der Waals surface area contributed by atoms with E-state index in [1.165, 1.54) is 12.1 Å². The highest BCUT2D eigenvalue weighted by Crippen LogP contribution is 2.22. The number of hydrogen-bond donors (Lipinski definition) is 0. The zero-order valence-corrected chi connectivity index (χ0v) is 11.1. The van der Waals surface area contributed by atoms with Crippen molar-refractivity contribution in [3.05, 3.63) is 71.7 Å². The molecule has 0 amide bonds. The molecule has 2 aromatic carbocycles. The van der Waals surface area contributed by atoms with Crippen molar-refractivity contribution in [2.24, 2.45) is 0 Å². The number of hydrogen-bond acceptors (Lipinski definition) is 3. The summed E-state index contributed by atoms with van der Waals surface area (Å²) in [7, 11) is 0. The molecule has 1 heterocycles. The summed E-state index contributed by atoms with van der Waals surface area (Å²) in [5.41, 5.74) is 2.72. The minimum atomic E-state index is -0.279. The summed E-state index contributed by atoms with van der Waals surface area (Å²) >= 11 is 0. The van der Waals surface area contributed by atoms with E-state index in [0.717, 1.165) is 11.1 Å². The summed E-state index contributed by atoms with van der Waals surface area (Å²) in [6, 6.07) is 17.7. The van der Waals surface area contributed by atoms with Crippen LogP contribution in [0.2, 0.25) is 0 Å². The van der Waals surface area contributed by atoms with E-state index in [1.54, 1.807) is 16.8 Å². The highest BCUT2D eigenvalue weighted by molar-refractivity contribution is 5.64. The molecule has 21 heavy (non-hydrogen) atoms. The molecule has 0 radical (unpaired) electrons. The van der Waals surface area contributed by atoms with Gasteiger partial charge in [0.05, 0.1) is 6.54 Å². The van der Waals surface area contributed by atoms with Crippen LogP contribution in [0.5, 0.6) is 0 Å². The van der Waals surface area contributed by atoms with Crippen LogP contribution in [0.1, 0.15) is 11.3 Å². The Labute approximate surface area is 121 Å². The first-order chi connectivity index (χ1) is 10.3. The molecule has 4 nitrogen and oxygen atoms in total. The Morgan fingerprint density at radius 1 is 1.05 bits per heavy atom. The average Bonchev–Trinajstić information content (AvgIpc) is 2.93. The van der Waals surface area contributed by atoms with Crippen molar-refractivity contribution >= 4 is 0 Å². The molecule has 5 heteroatoms. The Kier molecular flexibility index (Phi) is 3.44. The molecule has 0 spiro atoms. The van der Waals surface area contributed by atoms with E-state index in [-0.39, 0.29) is 11.5 Å². The van der Waals surface area contributed by atoms with E-state index in [9.17, 15) is 9.65 Å². The van der Waals surface area contributed by atoms with E-state index in [1.807, 2.05) is 30.3 Å². The van der Waals surface area contributed by atoms with E-state index >= 15 is 0 Å². The van der Waals surface area contributed by atoms with Crippen molar-refractivity contribution in [3.8, 4) is 17.3 Å². The number of halogens is 1. The molecule has 0 aliphatic carbocycles. The molecule has 1 aromatic heterocycles. The van der Waals surface area contributed by atoms with Crippen LogP contribution in [0, 0.1) is 17.1 Å². The van der Waals surface area contributed by atoms with Gasteiger partial charge in [0.25, 0.3) is 0 Å². The quantitative estimate of drug-likeness (QED) is 0.740. The lowest BCUT2D eigenvalue weighted by Gasteiger charge is -2.07. The number of nitriles is 1. The van der Waals surface area contributed by atoms with E-state index < -0.39 is 0 Å². The minimum Gasteiger partial charge on any atom is -0.239 e. The molecule has 0 bridgehead atoms. The predicted molar refractivity (Wildman–Crippen MR) is 75.7 cm³/mol. The molecule has 0 unspecified atom stereocenters. The fourth-order valence-corrected chi connectivity index (χ4v) is 2.14. The Bertz CT molecular complexity index is 785. The lowest BCUT2D eigenvalue weighted by molar-refractivity contribution is 0.622. The first-order valence-electron chi connectivity index (χ1n) is 6.41. The second-order valence-electron chi connectivity index (χ2n) is 4.55. The van der Waals surface area contributed by atoms with Crippen LogP contribution in [0.3, 0.4) is 0 Å². The molecule has 0 saturated carbocycles. The second kappa shape index (κ2) is 5.55. The molecular weight excluding hydrogens is 267 g/mol. The highest BCUT2D eigenvalue weighted by atomic mass is 19.1. The third-order valence-corrected chi connectivity index (χ3v) is 3.13. The van der Waals surface area contributed by atoms with Gasteiger partial charge in [-0.15, -0.1) is 5.10 Å².